The molecule has 0 saturated carbocycles. The molecule has 0 fully saturated rings. The molecular formula is C17H17FN2O3. The number of carbonyl (C=O) groups excluding carboxylic acids is 2. The smallest absolute Gasteiger partial charge is 0.256 e. The van der Waals surface area contributed by atoms with Crippen molar-refractivity contribution >= 4 is 11.7 Å². The monoisotopic (exact) mass is 316 g/mol. The number of amides is 1. The molecule has 1 amide bonds. The Morgan fingerprint density at radius 2 is 1.91 bits per heavy atom. The van der Waals surface area contributed by atoms with Gasteiger partial charge in [-0.3, -0.25) is 14.4 Å². The molecule has 0 spiro atoms. The first kappa shape index (κ1) is 16.6. The summed E-state index contributed by atoms with van der Waals surface area (Å²) in [5.41, 5.74) is 0.652. The Bertz CT molecular complexity index is 781. The molecule has 0 saturated heterocycles. The van der Waals surface area contributed by atoms with Crippen LogP contribution in [0.4, 0.5) is 4.39 Å². The van der Waals surface area contributed by atoms with Gasteiger partial charge in [-0.05, 0) is 38.1 Å². The van der Waals surface area contributed by atoms with E-state index in [1.54, 1.807) is 13.8 Å². The first-order valence-corrected chi connectivity index (χ1v) is 7.16. The number of pyridine rings is 1. The average molecular weight is 316 g/mol. The number of aromatic nitrogens is 1. The molecule has 0 aliphatic carbocycles. The van der Waals surface area contributed by atoms with Crippen LogP contribution in [-0.2, 0) is 0 Å². The van der Waals surface area contributed by atoms with Gasteiger partial charge in [0.05, 0.1) is 0 Å². The molecule has 0 radical (unpaired) electrons. The van der Waals surface area contributed by atoms with Crippen molar-refractivity contribution in [3.05, 3.63) is 69.4 Å². The molecule has 120 valence electrons. The van der Waals surface area contributed by atoms with Gasteiger partial charge in [0.25, 0.3) is 5.91 Å². The summed E-state index contributed by atoms with van der Waals surface area (Å²) in [7, 11) is 0. The van der Waals surface area contributed by atoms with Crippen molar-refractivity contribution in [1.82, 2.24) is 10.3 Å². The second kappa shape index (κ2) is 7.00. The van der Waals surface area contributed by atoms with Crippen molar-refractivity contribution in [3.63, 3.8) is 0 Å². The molecule has 5 nitrogen and oxygen atoms in total. The summed E-state index contributed by atoms with van der Waals surface area (Å²) in [4.78, 5) is 38.7. The quantitative estimate of drug-likeness (QED) is 0.830. The van der Waals surface area contributed by atoms with Gasteiger partial charge in [-0.1, -0.05) is 0 Å². The Labute approximate surface area is 132 Å². The van der Waals surface area contributed by atoms with Crippen LogP contribution in [0.25, 0.3) is 0 Å². The Balaban J connectivity index is 2.00. The Kier molecular flexibility index (Phi) is 5.05. The highest BCUT2D eigenvalue weighted by Crippen LogP contribution is 2.08. The summed E-state index contributed by atoms with van der Waals surface area (Å²) >= 11 is 0. The molecule has 0 bridgehead atoms. The number of nitrogens with one attached hydrogen (secondary N) is 2. The minimum atomic E-state index is -0.536. The summed E-state index contributed by atoms with van der Waals surface area (Å²) in [6.07, 6.45) is 1.41. The number of hydrogen-bond acceptors (Lipinski definition) is 3. The number of Topliss-reactive ketones (excluding diaryl/α,β-unsaturated/α-hetero) is 1. The average Bonchev–Trinajstić information content (AvgIpc) is 2.47. The normalized spacial score (nSPS) is 11.8. The molecule has 6 heteroatoms. The van der Waals surface area contributed by atoms with Crippen LogP contribution in [0.1, 0.15) is 39.8 Å². The van der Waals surface area contributed by atoms with Crippen LogP contribution < -0.4 is 10.7 Å². The number of carbonyl (C=O) groups is 2. The predicted octanol–water partition coefficient (Wildman–Crippen LogP) is 2.21. The maximum Gasteiger partial charge on any atom is 0.256 e. The summed E-state index contributed by atoms with van der Waals surface area (Å²) in [6.45, 7) is 3.38. The van der Waals surface area contributed by atoms with E-state index in [0.717, 1.165) is 0 Å². The minimum Gasteiger partial charge on any atom is -0.364 e. The van der Waals surface area contributed by atoms with Gasteiger partial charge in [0.15, 0.2) is 11.2 Å². The largest absolute Gasteiger partial charge is 0.364 e. The second-order valence-electron chi connectivity index (χ2n) is 5.40. The highest BCUT2D eigenvalue weighted by Gasteiger charge is 2.16. The van der Waals surface area contributed by atoms with Crippen LogP contribution in [-0.4, -0.2) is 22.7 Å². The van der Waals surface area contributed by atoms with E-state index in [1.807, 2.05) is 0 Å². The lowest BCUT2D eigenvalue weighted by Crippen LogP contribution is -2.36. The van der Waals surface area contributed by atoms with Crippen LogP contribution in [0.2, 0.25) is 0 Å². The van der Waals surface area contributed by atoms with Crippen LogP contribution in [0, 0.1) is 12.7 Å². The van der Waals surface area contributed by atoms with Crippen molar-refractivity contribution < 1.29 is 14.0 Å². The first-order chi connectivity index (χ1) is 10.9. The number of ketones is 1. The van der Waals surface area contributed by atoms with Crippen molar-refractivity contribution in [1.29, 1.82) is 0 Å². The third-order valence-electron chi connectivity index (χ3n) is 3.34. The number of aromatic amines is 1. The molecule has 0 aliphatic rings. The predicted molar refractivity (Wildman–Crippen MR) is 84.1 cm³/mol. The van der Waals surface area contributed by atoms with E-state index in [9.17, 15) is 18.8 Å². The molecule has 2 rings (SSSR count). The molecule has 2 N–H and O–H groups in total. The lowest BCUT2D eigenvalue weighted by molar-refractivity contribution is 0.0917. The number of H-pyrrole nitrogens is 1. The number of aryl methyl sites for hydroxylation is 1. The number of rotatable bonds is 5. The number of hydrogen-bond donors (Lipinski definition) is 2. The zero-order chi connectivity index (χ0) is 17.0. The highest BCUT2D eigenvalue weighted by molar-refractivity contribution is 5.97. The molecule has 0 aliphatic heterocycles. The lowest BCUT2D eigenvalue weighted by Gasteiger charge is -2.13. The van der Waals surface area contributed by atoms with E-state index in [1.165, 1.54) is 36.5 Å². The van der Waals surface area contributed by atoms with Gasteiger partial charge in [0.2, 0.25) is 0 Å². The van der Waals surface area contributed by atoms with Crippen LogP contribution in [0.15, 0.2) is 41.3 Å². The fourth-order valence-corrected chi connectivity index (χ4v) is 2.13. The van der Waals surface area contributed by atoms with Crippen molar-refractivity contribution in [2.45, 2.75) is 26.3 Å². The fraction of sp³-hybridized carbons (Fsp3) is 0.235. The zero-order valence-electron chi connectivity index (χ0n) is 12.9. The fourth-order valence-electron chi connectivity index (χ4n) is 2.13. The van der Waals surface area contributed by atoms with E-state index in [0.29, 0.717) is 11.3 Å². The molecular weight excluding hydrogens is 299 g/mol. The van der Waals surface area contributed by atoms with Crippen LogP contribution >= 0.6 is 0 Å². The van der Waals surface area contributed by atoms with Gasteiger partial charge in [-0.2, -0.15) is 0 Å². The summed E-state index contributed by atoms with van der Waals surface area (Å²) in [5, 5.41) is 2.61. The van der Waals surface area contributed by atoms with Gasteiger partial charge >= 0.3 is 0 Å². The van der Waals surface area contributed by atoms with E-state index in [-0.39, 0.29) is 23.2 Å². The van der Waals surface area contributed by atoms with Crippen LogP contribution in [0.3, 0.4) is 0 Å². The van der Waals surface area contributed by atoms with Gasteiger partial charge in [-0.15, -0.1) is 0 Å². The summed E-state index contributed by atoms with van der Waals surface area (Å²) in [5.74, 6) is -1.16. The molecule has 23 heavy (non-hydrogen) atoms. The lowest BCUT2D eigenvalue weighted by atomic mass is 10.0. The zero-order valence-corrected chi connectivity index (χ0v) is 12.9. The number of benzene rings is 1. The van der Waals surface area contributed by atoms with Crippen molar-refractivity contribution in [2.24, 2.45) is 0 Å². The van der Waals surface area contributed by atoms with E-state index in [4.69, 9.17) is 0 Å². The topological polar surface area (TPSA) is 79.0 Å². The van der Waals surface area contributed by atoms with E-state index in [2.05, 4.69) is 10.3 Å². The first-order valence-electron chi connectivity index (χ1n) is 7.16. The van der Waals surface area contributed by atoms with Crippen molar-refractivity contribution in [3.8, 4) is 0 Å². The van der Waals surface area contributed by atoms with Gasteiger partial charge in [-0.25, -0.2) is 4.39 Å². The van der Waals surface area contributed by atoms with Gasteiger partial charge in [0, 0.05) is 36.0 Å². The maximum atomic E-state index is 12.8. The molecule has 1 atom stereocenters. The molecule has 1 aromatic heterocycles. The summed E-state index contributed by atoms with van der Waals surface area (Å²) in [6, 6.07) is 6.10. The Morgan fingerprint density at radius 3 is 2.52 bits per heavy atom. The molecule has 2 aromatic rings. The van der Waals surface area contributed by atoms with E-state index >= 15 is 0 Å². The minimum absolute atomic E-state index is 0.00307. The van der Waals surface area contributed by atoms with E-state index < -0.39 is 17.8 Å². The molecule has 1 aromatic carbocycles. The van der Waals surface area contributed by atoms with Crippen molar-refractivity contribution in [2.75, 3.05) is 0 Å². The molecule has 1 heterocycles. The second-order valence-corrected chi connectivity index (χ2v) is 5.40. The molecule has 0 unspecified atom stereocenters. The summed E-state index contributed by atoms with van der Waals surface area (Å²) < 4.78 is 12.8. The maximum absolute atomic E-state index is 12.8. The highest BCUT2D eigenvalue weighted by atomic mass is 19.1. The Hall–Kier alpha value is -2.76. The third-order valence-corrected chi connectivity index (χ3v) is 3.34. The number of halogens is 1. The third kappa shape index (κ3) is 4.35. The SMILES string of the molecule is Cc1cc(=O)c(C(=O)N[C@H](C)CC(=O)c2ccc(F)cc2)c[nH]1. The standard InChI is InChI=1S/C17H17FN2O3/c1-10-7-16(22)14(9-19-10)17(23)20-11(2)8-15(21)12-3-5-13(18)6-4-12/h3-7,9,11H,8H2,1-2H3,(H,19,22)(H,20,23)/t11-/m1/s1. The van der Waals surface area contributed by atoms with Crippen LogP contribution in [0.5, 0.6) is 0 Å². The van der Waals surface area contributed by atoms with Gasteiger partial charge < -0.3 is 10.3 Å². The van der Waals surface area contributed by atoms with Gasteiger partial charge in [0.1, 0.15) is 11.4 Å². The Morgan fingerprint density at radius 1 is 1.26 bits per heavy atom.